The Morgan fingerprint density at radius 2 is 2.15 bits per heavy atom. The molecule has 106 valence electrons. The van der Waals surface area contributed by atoms with Crippen molar-refractivity contribution in [1.82, 2.24) is 25.0 Å². The van der Waals surface area contributed by atoms with E-state index in [9.17, 15) is 0 Å². The molecule has 20 heavy (non-hydrogen) atoms. The minimum atomic E-state index is 0.517. The molecule has 1 aromatic heterocycles. The molecule has 0 aliphatic carbocycles. The van der Waals surface area contributed by atoms with E-state index in [1.807, 2.05) is 11.7 Å². The van der Waals surface area contributed by atoms with Gasteiger partial charge in [0.05, 0.1) is 6.54 Å². The predicted octanol–water partition coefficient (Wildman–Crippen LogP) is 0.832. The van der Waals surface area contributed by atoms with Crippen molar-refractivity contribution in [3.63, 3.8) is 0 Å². The van der Waals surface area contributed by atoms with Gasteiger partial charge < -0.3 is 5.32 Å². The van der Waals surface area contributed by atoms with Crippen molar-refractivity contribution < 1.29 is 0 Å². The third-order valence-corrected chi connectivity index (χ3v) is 3.94. The summed E-state index contributed by atoms with van der Waals surface area (Å²) in [6.45, 7) is 4.01. The Morgan fingerprint density at radius 3 is 2.90 bits per heavy atom. The largest absolute Gasteiger partial charge is 0.314 e. The number of nitrogens with zero attached hydrogens (tertiary/aromatic N) is 4. The smallest absolute Gasteiger partial charge is 0.140 e. The minimum absolute atomic E-state index is 0.517. The molecule has 2 aromatic rings. The van der Waals surface area contributed by atoms with E-state index in [4.69, 9.17) is 0 Å². The number of aryl methyl sites for hydroxylation is 1. The van der Waals surface area contributed by atoms with Crippen LogP contribution in [-0.2, 0) is 20.0 Å². The molecule has 0 saturated carbocycles. The number of aromatic nitrogens is 3. The Hall–Kier alpha value is -1.72. The molecule has 1 aliphatic rings. The lowest BCUT2D eigenvalue weighted by molar-refractivity contribution is 0.146. The average molecular weight is 271 g/mol. The third-order valence-electron chi connectivity index (χ3n) is 3.94. The van der Waals surface area contributed by atoms with Gasteiger partial charge in [0.25, 0.3) is 0 Å². The van der Waals surface area contributed by atoms with Crippen LogP contribution in [0.25, 0.3) is 0 Å². The summed E-state index contributed by atoms with van der Waals surface area (Å²) in [7, 11) is 1.96. The number of nitrogens with one attached hydrogen (secondary N) is 1. The second-order valence-electron chi connectivity index (χ2n) is 5.32. The zero-order valence-corrected chi connectivity index (χ0v) is 11.9. The number of hydrogen-bond acceptors (Lipinski definition) is 4. The van der Waals surface area contributed by atoms with Gasteiger partial charge in [-0.15, -0.1) is 0 Å². The molecular weight excluding hydrogens is 250 g/mol. The first-order valence-corrected chi connectivity index (χ1v) is 7.14. The fourth-order valence-corrected chi connectivity index (χ4v) is 2.74. The Morgan fingerprint density at radius 1 is 1.30 bits per heavy atom. The van der Waals surface area contributed by atoms with E-state index < -0.39 is 0 Å². The van der Waals surface area contributed by atoms with Gasteiger partial charge in [0.1, 0.15) is 12.2 Å². The fourth-order valence-electron chi connectivity index (χ4n) is 2.74. The van der Waals surface area contributed by atoms with E-state index in [-0.39, 0.29) is 0 Å². The van der Waals surface area contributed by atoms with Crippen LogP contribution in [0, 0.1) is 0 Å². The van der Waals surface area contributed by atoms with Crippen LogP contribution >= 0.6 is 0 Å². The number of piperazine rings is 1. The Balaban J connectivity index is 1.69. The maximum Gasteiger partial charge on any atom is 0.140 e. The van der Waals surface area contributed by atoms with Crippen LogP contribution in [0.2, 0.25) is 0 Å². The van der Waals surface area contributed by atoms with Crippen LogP contribution in [-0.4, -0.2) is 45.3 Å². The maximum atomic E-state index is 4.34. The lowest BCUT2D eigenvalue weighted by Gasteiger charge is -2.36. The van der Waals surface area contributed by atoms with Gasteiger partial charge in [0.2, 0.25) is 0 Å². The van der Waals surface area contributed by atoms with Crippen LogP contribution < -0.4 is 5.32 Å². The summed E-state index contributed by atoms with van der Waals surface area (Å²) in [5.41, 5.74) is 1.39. The summed E-state index contributed by atoms with van der Waals surface area (Å²) >= 11 is 0. The topological polar surface area (TPSA) is 46.0 Å². The second kappa shape index (κ2) is 6.15. The Kier molecular flexibility index (Phi) is 4.08. The van der Waals surface area contributed by atoms with Crippen molar-refractivity contribution in [1.29, 1.82) is 0 Å². The highest BCUT2D eigenvalue weighted by Gasteiger charge is 2.23. The first kappa shape index (κ1) is 13.3. The standard InChI is InChI=1S/C15H21N5/c1-19-15(17-12-18-19)11-20-8-7-16-10-14(20)9-13-5-3-2-4-6-13/h2-6,12,14,16H,7-11H2,1H3. The summed E-state index contributed by atoms with van der Waals surface area (Å²) < 4.78 is 1.86. The Labute approximate surface area is 119 Å². The van der Waals surface area contributed by atoms with Crippen LogP contribution in [0.4, 0.5) is 0 Å². The molecule has 1 fully saturated rings. The summed E-state index contributed by atoms with van der Waals surface area (Å²) in [6, 6.07) is 11.2. The monoisotopic (exact) mass is 271 g/mol. The van der Waals surface area contributed by atoms with Gasteiger partial charge >= 0.3 is 0 Å². The van der Waals surface area contributed by atoms with Crippen molar-refractivity contribution in [3.8, 4) is 0 Å². The number of rotatable bonds is 4. The molecule has 1 aliphatic heterocycles. The van der Waals surface area contributed by atoms with E-state index in [2.05, 4.69) is 50.6 Å². The number of hydrogen-bond donors (Lipinski definition) is 1. The Bertz CT molecular complexity index is 536. The zero-order chi connectivity index (χ0) is 13.8. The molecule has 1 N–H and O–H groups in total. The van der Waals surface area contributed by atoms with Crippen LogP contribution in [0.15, 0.2) is 36.7 Å². The molecule has 1 unspecified atom stereocenters. The summed E-state index contributed by atoms with van der Waals surface area (Å²) in [4.78, 5) is 6.85. The molecular formula is C15H21N5. The van der Waals surface area contributed by atoms with Gasteiger partial charge in [-0.05, 0) is 12.0 Å². The van der Waals surface area contributed by atoms with Gasteiger partial charge in [-0.2, -0.15) is 5.10 Å². The molecule has 1 aromatic carbocycles. The van der Waals surface area contributed by atoms with Crippen LogP contribution in [0.1, 0.15) is 11.4 Å². The molecule has 1 saturated heterocycles. The quantitative estimate of drug-likeness (QED) is 0.895. The molecule has 0 radical (unpaired) electrons. The molecule has 5 nitrogen and oxygen atoms in total. The van der Waals surface area contributed by atoms with Crippen molar-refractivity contribution in [3.05, 3.63) is 48.0 Å². The molecule has 3 rings (SSSR count). The highest BCUT2D eigenvalue weighted by molar-refractivity contribution is 5.16. The number of benzene rings is 1. The van der Waals surface area contributed by atoms with Crippen LogP contribution in [0.3, 0.4) is 0 Å². The minimum Gasteiger partial charge on any atom is -0.314 e. The van der Waals surface area contributed by atoms with E-state index in [0.717, 1.165) is 38.4 Å². The molecule has 2 heterocycles. The molecule has 0 bridgehead atoms. The lowest BCUT2D eigenvalue weighted by atomic mass is 10.0. The molecule has 1 atom stereocenters. The average Bonchev–Trinajstić information content (AvgIpc) is 2.88. The lowest BCUT2D eigenvalue weighted by Crippen LogP contribution is -2.51. The van der Waals surface area contributed by atoms with Gasteiger partial charge in [-0.3, -0.25) is 9.58 Å². The van der Waals surface area contributed by atoms with E-state index in [1.165, 1.54) is 5.56 Å². The van der Waals surface area contributed by atoms with Crippen molar-refractivity contribution >= 4 is 0 Å². The van der Waals surface area contributed by atoms with E-state index >= 15 is 0 Å². The SMILES string of the molecule is Cn1ncnc1CN1CCNCC1Cc1ccccc1. The van der Waals surface area contributed by atoms with Gasteiger partial charge in [0.15, 0.2) is 0 Å². The maximum absolute atomic E-state index is 4.34. The third kappa shape index (κ3) is 3.05. The first-order chi connectivity index (χ1) is 9.83. The van der Waals surface area contributed by atoms with Gasteiger partial charge in [-0.1, -0.05) is 30.3 Å². The highest BCUT2D eigenvalue weighted by Crippen LogP contribution is 2.13. The molecule has 0 spiro atoms. The second-order valence-corrected chi connectivity index (χ2v) is 5.32. The normalized spacial score (nSPS) is 20.1. The molecule has 5 heteroatoms. The van der Waals surface area contributed by atoms with Gasteiger partial charge in [0, 0.05) is 32.7 Å². The van der Waals surface area contributed by atoms with Crippen LogP contribution in [0.5, 0.6) is 0 Å². The van der Waals surface area contributed by atoms with E-state index in [1.54, 1.807) is 6.33 Å². The molecule has 0 amide bonds. The summed E-state index contributed by atoms with van der Waals surface area (Å²) in [5.74, 6) is 1.03. The first-order valence-electron chi connectivity index (χ1n) is 7.14. The van der Waals surface area contributed by atoms with Gasteiger partial charge in [-0.25, -0.2) is 4.98 Å². The predicted molar refractivity (Wildman–Crippen MR) is 78.2 cm³/mol. The van der Waals surface area contributed by atoms with Crippen molar-refractivity contribution in [2.75, 3.05) is 19.6 Å². The summed E-state index contributed by atoms with van der Waals surface area (Å²) in [6.07, 6.45) is 2.70. The van der Waals surface area contributed by atoms with Crippen molar-refractivity contribution in [2.45, 2.75) is 19.0 Å². The highest BCUT2D eigenvalue weighted by atomic mass is 15.3. The van der Waals surface area contributed by atoms with E-state index in [0.29, 0.717) is 6.04 Å². The zero-order valence-electron chi connectivity index (χ0n) is 11.9. The fraction of sp³-hybridized carbons (Fsp3) is 0.467. The summed E-state index contributed by atoms with van der Waals surface area (Å²) in [5, 5.41) is 7.65. The van der Waals surface area contributed by atoms with Crippen molar-refractivity contribution in [2.24, 2.45) is 7.05 Å².